The molecule has 23 heavy (non-hydrogen) atoms. The highest BCUT2D eigenvalue weighted by Crippen LogP contribution is 2.28. The smallest absolute Gasteiger partial charge is 0.361 e. The summed E-state index contributed by atoms with van der Waals surface area (Å²) in [6.07, 6.45) is 0. The first kappa shape index (κ1) is 15.2. The summed E-state index contributed by atoms with van der Waals surface area (Å²) in [7, 11) is 0. The molecule has 2 aromatic heterocycles. The molecule has 0 saturated heterocycles. The minimum absolute atomic E-state index is 0.0401. The van der Waals surface area contributed by atoms with E-state index < -0.39 is 5.97 Å². The summed E-state index contributed by atoms with van der Waals surface area (Å²) < 4.78 is 10.1. The van der Waals surface area contributed by atoms with Crippen molar-refractivity contribution in [2.75, 3.05) is 11.9 Å². The number of nitrogens with zero attached hydrogens (tertiary/aromatic N) is 3. The number of nitrogens with one attached hydrogen (secondary N) is 1. The van der Waals surface area contributed by atoms with Gasteiger partial charge in [-0.05, 0) is 38.1 Å². The lowest BCUT2D eigenvalue weighted by atomic mass is 10.2. The first-order chi connectivity index (χ1) is 11.1. The molecule has 0 aliphatic carbocycles. The van der Waals surface area contributed by atoms with Crippen LogP contribution in [0.15, 0.2) is 28.8 Å². The molecule has 0 unspecified atom stereocenters. The molecule has 0 aliphatic rings. The topological polar surface area (TPSA) is 90.1 Å². The third-order valence-electron chi connectivity index (χ3n) is 3.02. The molecule has 0 aliphatic heterocycles. The van der Waals surface area contributed by atoms with E-state index in [1.807, 2.05) is 0 Å². The molecule has 0 fully saturated rings. The Balaban J connectivity index is 2.08. The molecule has 0 spiro atoms. The molecule has 2 heterocycles. The molecule has 8 heteroatoms. The number of anilines is 2. The van der Waals surface area contributed by atoms with E-state index in [1.54, 1.807) is 38.1 Å². The van der Waals surface area contributed by atoms with Crippen molar-refractivity contribution in [2.24, 2.45) is 0 Å². The monoisotopic (exact) mass is 332 g/mol. The number of carbonyl (C=O) groups excluding carboxylic acids is 1. The van der Waals surface area contributed by atoms with Gasteiger partial charge >= 0.3 is 5.97 Å². The van der Waals surface area contributed by atoms with Crippen LogP contribution < -0.4 is 5.32 Å². The van der Waals surface area contributed by atoms with Crippen molar-refractivity contribution in [3.63, 3.8) is 0 Å². The summed E-state index contributed by atoms with van der Waals surface area (Å²) in [5.41, 5.74) is 1.01. The number of carbonyl (C=O) groups is 1. The van der Waals surface area contributed by atoms with Gasteiger partial charge in [-0.1, -0.05) is 16.8 Å². The Hall–Kier alpha value is -2.67. The molecule has 0 atom stereocenters. The highest BCUT2D eigenvalue weighted by Gasteiger charge is 2.23. The molecule has 1 aromatic carbocycles. The number of halogens is 1. The van der Waals surface area contributed by atoms with Crippen LogP contribution in [0.1, 0.15) is 23.2 Å². The van der Waals surface area contributed by atoms with Crippen LogP contribution in [0.4, 0.5) is 11.5 Å². The predicted octanol–water partition coefficient (Wildman–Crippen LogP) is 3.50. The average Bonchev–Trinajstić information content (AvgIpc) is 2.93. The Morgan fingerprint density at radius 3 is 2.74 bits per heavy atom. The Morgan fingerprint density at radius 2 is 2.04 bits per heavy atom. The quantitative estimate of drug-likeness (QED) is 0.731. The molecule has 3 rings (SSSR count). The number of esters is 1. The number of hydrogen-bond acceptors (Lipinski definition) is 7. The molecule has 1 N–H and O–H groups in total. The van der Waals surface area contributed by atoms with Gasteiger partial charge in [-0.3, -0.25) is 0 Å². The molecular formula is C15H13ClN4O3. The van der Waals surface area contributed by atoms with E-state index in [9.17, 15) is 4.79 Å². The molecule has 0 saturated carbocycles. The fourth-order valence-electron chi connectivity index (χ4n) is 2.06. The Kier molecular flexibility index (Phi) is 4.12. The second-order valence-electron chi connectivity index (χ2n) is 4.68. The van der Waals surface area contributed by atoms with Crippen LogP contribution in [0.25, 0.3) is 11.1 Å². The lowest BCUT2D eigenvalue weighted by Crippen LogP contribution is -2.07. The van der Waals surface area contributed by atoms with Gasteiger partial charge in [0.2, 0.25) is 5.69 Å². The molecule has 118 valence electrons. The second kappa shape index (κ2) is 6.21. The van der Waals surface area contributed by atoms with E-state index in [1.165, 1.54) is 0 Å². The third-order valence-corrected chi connectivity index (χ3v) is 3.28. The van der Waals surface area contributed by atoms with Crippen molar-refractivity contribution in [1.29, 1.82) is 0 Å². The standard InChI is InChI=1S/C15H13ClN4O3/c1-3-22-15(21)12-11-13(17-8(2)18-14(11)23-20-12)19-10-6-4-9(16)5-7-10/h4-7H,3H2,1-2H3,(H,17,18,19). The number of hydrogen-bond donors (Lipinski definition) is 1. The molecule has 0 bridgehead atoms. The van der Waals surface area contributed by atoms with Crippen molar-refractivity contribution < 1.29 is 14.1 Å². The first-order valence-corrected chi connectivity index (χ1v) is 7.30. The van der Waals surface area contributed by atoms with Gasteiger partial charge in [-0.15, -0.1) is 0 Å². The number of aromatic nitrogens is 3. The van der Waals surface area contributed by atoms with Gasteiger partial charge in [0.1, 0.15) is 17.0 Å². The Labute approximate surface area is 136 Å². The highest BCUT2D eigenvalue weighted by molar-refractivity contribution is 6.30. The SMILES string of the molecule is CCOC(=O)c1noc2nc(C)nc(Nc3ccc(Cl)cc3)c12. The normalized spacial score (nSPS) is 10.7. The summed E-state index contributed by atoms with van der Waals surface area (Å²) in [4.78, 5) is 20.5. The van der Waals surface area contributed by atoms with E-state index in [0.29, 0.717) is 22.1 Å². The summed E-state index contributed by atoms with van der Waals surface area (Å²) in [6.45, 7) is 3.67. The Morgan fingerprint density at radius 1 is 1.30 bits per heavy atom. The third kappa shape index (κ3) is 3.09. The Bertz CT molecular complexity index is 861. The average molecular weight is 333 g/mol. The lowest BCUT2D eigenvalue weighted by Gasteiger charge is -2.07. The van der Waals surface area contributed by atoms with Gasteiger partial charge in [0.25, 0.3) is 5.71 Å². The maximum absolute atomic E-state index is 12.0. The van der Waals surface area contributed by atoms with E-state index >= 15 is 0 Å². The highest BCUT2D eigenvalue weighted by atomic mass is 35.5. The minimum Gasteiger partial charge on any atom is -0.461 e. The van der Waals surface area contributed by atoms with E-state index in [2.05, 4.69) is 20.4 Å². The van der Waals surface area contributed by atoms with Gasteiger partial charge in [0.15, 0.2) is 0 Å². The largest absolute Gasteiger partial charge is 0.461 e. The zero-order chi connectivity index (χ0) is 16.4. The van der Waals surface area contributed by atoms with Crippen molar-refractivity contribution in [1.82, 2.24) is 15.1 Å². The number of fused-ring (bicyclic) bond motifs is 1. The van der Waals surface area contributed by atoms with Crippen LogP contribution >= 0.6 is 11.6 Å². The van der Waals surface area contributed by atoms with Crippen LogP contribution in [0, 0.1) is 6.92 Å². The van der Waals surface area contributed by atoms with Gasteiger partial charge in [0, 0.05) is 10.7 Å². The maximum atomic E-state index is 12.0. The molecule has 3 aromatic rings. The number of benzene rings is 1. The summed E-state index contributed by atoms with van der Waals surface area (Å²) in [5, 5.41) is 7.88. The zero-order valence-corrected chi connectivity index (χ0v) is 13.2. The summed E-state index contributed by atoms with van der Waals surface area (Å²) in [5.74, 6) is 0.317. The van der Waals surface area contributed by atoms with Crippen LogP contribution in [-0.2, 0) is 4.74 Å². The summed E-state index contributed by atoms with van der Waals surface area (Å²) in [6, 6.07) is 7.08. The van der Waals surface area contributed by atoms with Crippen molar-refractivity contribution in [2.45, 2.75) is 13.8 Å². The molecule has 7 nitrogen and oxygen atoms in total. The van der Waals surface area contributed by atoms with Gasteiger partial charge < -0.3 is 14.6 Å². The van der Waals surface area contributed by atoms with Crippen LogP contribution in [0.5, 0.6) is 0 Å². The van der Waals surface area contributed by atoms with Gasteiger partial charge in [0.05, 0.1) is 6.61 Å². The van der Waals surface area contributed by atoms with Crippen LogP contribution in [-0.4, -0.2) is 27.7 Å². The van der Waals surface area contributed by atoms with Crippen molar-refractivity contribution in [3.05, 3.63) is 40.8 Å². The van der Waals surface area contributed by atoms with Gasteiger partial charge in [-0.25, -0.2) is 9.78 Å². The van der Waals surface area contributed by atoms with E-state index in [0.717, 1.165) is 5.69 Å². The number of rotatable bonds is 4. The predicted molar refractivity (Wildman–Crippen MR) is 85.0 cm³/mol. The lowest BCUT2D eigenvalue weighted by molar-refractivity contribution is 0.0517. The fraction of sp³-hybridized carbons (Fsp3) is 0.200. The number of aryl methyl sites for hydroxylation is 1. The van der Waals surface area contributed by atoms with E-state index in [-0.39, 0.29) is 18.0 Å². The second-order valence-corrected chi connectivity index (χ2v) is 5.12. The minimum atomic E-state index is -0.585. The van der Waals surface area contributed by atoms with Crippen molar-refractivity contribution >= 4 is 40.2 Å². The van der Waals surface area contributed by atoms with Gasteiger partial charge in [-0.2, -0.15) is 4.98 Å². The fourth-order valence-corrected chi connectivity index (χ4v) is 2.19. The first-order valence-electron chi connectivity index (χ1n) is 6.92. The van der Waals surface area contributed by atoms with E-state index in [4.69, 9.17) is 20.9 Å². The molecule has 0 amide bonds. The molecular weight excluding hydrogens is 320 g/mol. The number of ether oxygens (including phenoxy) is 1. The molecule has 0 radical (unpaired) electrons. The zero-order valence-electron chi connectivity index (χ0n) is 12.5. The summed E-state index contributed by atoms with van der Waals surface area (Å²) >= 11 is 5.88. The van der Waals surface area contributed by atoms with Crippen LogP contribution in [0.3, 0.4) is 0 Å². The van der Waals surface area contributed by atoms with Crippen molar-refractivity contribution in [3.8, 4) is 0 Å². The maximum Gasteiger partial charge on any atom is 0.361 e. The van der Waals surface area contributed by atoms with Crippen LogP contribution in [0.2, 0.25) is 5.02 Å².